The van der Waals surface area contributed by atoms with Gasteiger partial charge in [0.1, 0.15) is 17.8 Å². The van der Waals surface area contributed by atoms with E-state index in [4.69, 9.17) is 14.2 Å². The molecular weight excluding hydrogens is 791 g/mol. The van der Waals surface area contributed by atoms with Crippen LogP contribution in [0.4, 0.5) is 0 Å². The van der Waals surface area contributed by atoms with Gasteiger partial charge in [0, 0.05) is 47.5 Å². The number of amides is 2. The fourth-order valence-electron chi connectivity index (χ4n) is 6.33. The topological polar surface area (TPSA) is 204 Å². The van der Waals surface area contributed by atoms with Gasteiger partial charge in [-0.25, -0.2) is 8.42 Å². The van der Waals surface area contributed by atoms with Gasteiger partial charge in [0.15, 0.2) is 15.6 Å². The van der Waals surface area contributed by atoms with Crippen molar-refractivity contribution in [2.45, 2.75) is 124 Å². The zero-order valence-corrected chi connectivity index (χ0v) is 37.0. The number of ether oxygens (including phenoxy) is 3. The summed E-state index contributed by atoms with van der Waals surface area (Å²) in [4.78, 5) is 84.4. The van der Waals surface area contributed by atoms with E-state index in [0.717, 1.165) is 33.7 Å². The van der Waals surface area contributed by atoms with Crippen LogP contribution in [0.3, 0.4) is 0 Å². The summed E-state index contributed by atoms with van der Waals surface area (Å²) in [6.07, 6.45) is 2.53. The fourth-order valence-corrected chi connectivity index (χ4v) is 6.80. The lowest BCUT2D eigenvalue weighted by atomic mass is 9.86. The number of H-pyrrole nitrogens is 1. The van der Waals surface area contributed by atoms with Crippen LogP contribution in [0, 0.1) is 17.8 Å². The molecule has 0 spiro atoms. The number of nitrogens with one attached hydrogen (secondary N) is 3. The Labute approximate surface area is 353 Å². The number of Topliss-reactive ketones (excluding diaryl/α,β-unsaturated/α-hetero) is 1. The van der Waals surface area contributed by atoms with Crippen LogP contribution in [0.25, 0.3) is 10.9 Å². The highest BCUT2D eigenvalue weighted by atomic mass is 32.2. The van der Waals surface area contributed by atoms with Crippen LogP contribution in [-0.4, -0.2) is 78.4 Å². The van der Waals surface area contributed by atoms with Gasteiger partial charge in [-0.05, 0) is 77.5 Å². The third kappa shape index (κ3) is 17.9. The molecular formula is C45H61N3O11S. The molecule has 3 rings (SSSR count). The highest BCUT2D eigenvalue weighted by molar-refractivity contribution is 7.93. The maximum Gasteiger partial charge on any atom is 0.308 e. The Kier molecular flexibility index (Phi) is 17.8. The van der Waals surface area contributed by atoms with Crippen molar-refractivity contribution in [2.75, 3.05) is 6.26 Å². The second kappa shape index (κ2) is 21.8. The Morgan fingerprint density at radius 1 is 0.767 bits per heavy atom. The Balaban J connectivity index is 1.91. The molecule has 0 aliphatic heterocycles. The second-order valence-corrected chi connectivity index (χ2v) is 19.3. The smallest absolute Gasteiger partial charge is 0.308 e. The first-order valence-electron chi connectivity index (χ1n) is 20.1. The second-order valence-electron chi connectivity index (χ2n) is 17.4. The number of benzene rings is 2. The fraction of sp³-hybridized carbons (Fsp3) is 0.511. The highest BCUT2D eigenvalue weighted by Gasteiger charge is 2.34. The molecule has 2 aromatic carbocycles. The van der Waals surface area contributed by atoms with Crippen molar-refractivity contribution < 1.29 is 51.4 Å². The summed E-state index contributed by atoms with van der Waals surface area (Å²) in [5, 5.41) is 7.22. The van der Waals surface area contributed by atoms with Gasteiger partial charge < -0.3 is 29.8 Å². The number of fused-ring (bicyclic) bond motifs is 1. The van der Waals surface area contributed by atoms with Gasteiger partial charge in [0.05, 0.1) is 30.8 Å². The molecule has 1 heterocycles. The molecule has 14 nitrogen and oxygen atoms in total. The van der Waals surface area contributed by atoms with Crippen molar-refractivity contribution in [1.29, 1.82) is 0 Å². The molecule has 0 aliphatic rings. The van der Waals surface area contributed by atoms with Gasteiger partial charge in [-0.1, -0.05) is 68.5 Å². The van der Waals surface area contributed by atoms with Crippen LogP contribution in [0.5, 0.6) is 0 Å². The SMILES string of the molecule is CC(C)[C@H](CC(=O)[C@H](CCC(=O)OC(C)(C)C)NC(=O)[C@@H](CC(=O)OCc1ccccc1)Cc1c[nH]c2ccccc12)C(=O)N[C@H](/C=C/S(C)(=O)=O)CC(=O)OC(C)(C)C. The Hall–Kier alpha value is -5.31. The van der Waals surface area contributed by atoms with E-state index in [-0.39, 0.29) is 45.1 Å². The number of aromatic nitrogens is 1. The van der Waals surface area contributed by atoms with E-state index in [0.29, 0.717) is 0 Å². The van der Waals surface area contributed by atoms with E-state index >= 15 is 0 Å². The number of sulfone groups is 1. The normalized spacial score (nSPS) is 14.2. The van der Waals surface area contributed by atoms with Crippen molar-refractivity contribution >= 4 is 56.2 Å². The highest BCUT2D eigenvalue weighted by Crippen LogP contribution is 2.25. The zero-order chi connectivity index (χ0) is 44.8. The molecule has 15 heteroatoms. The van der Waals surface area contributed by atoms with E-state index in [2.05, 4.69) is 15.6 Å². The Morgan fingerprint density at radius 3 is 2.00 bits per heavy atom. The number of para-hydroxylation sites is 1. The molecule has 0 saturated heterocycles. The van der Waals surface area contributed by atoms with Crippen molar-refractivity contribution in [1.82, 2.24) is 15.6 Å². The molecule has 1 aromatic heterocycles. The maximum atomic E-state index is 14.3. The molecule has 0 unspecified atom stereocenters. The number of esters is 3. The first kappa shape index (κ1) is 49.1. The van der Waals surface area contributed by atoms with Gasteiger partial charge >= 0.3 is 17.9 Å². The average molecular weight is 852 g/mol. The molecule has 0 bridgehead atoms. The zero-order valence-electron chi connectivity index (χ0n) is 36.2. The van der Waals surface area contributed by atoms with E-state index in [1.807, 2.05) is 54.6 Å². The monoisotopic (exact) mass is 851 g/mol. The first-order chi connectivity index (χ1) is 27.9. The predicted octanol–water partition coefficient (Wildman–Crippen LogP) is 6.07. The average Bonchev–Trinajstić information content (AvgIpc) is 3.54. The summed E-state index contributed by atoms with van der Waals surface area (Å²) in [6, 6.07) is 14.2. The number of carbonyl (C=O) groups excluding carboxylic acids is 6. The van der Waals surface area contributed by atoms with Gasteiger partial charge in [-0.15, -0.1) is 0 Å². The Morgan fingerprint density at radius 2 is 1.38 bits per heavy atom. The largest absolute Gasteiger partial charge is 0.461 e. The lowest BCUT2D eigenvalue weighted by Gasteiger charge is -2.27. The summed E-state index contributed by atoms with van der Waals surface area (Å²) >= 11 is 0. The van der Waals surface area contributed by atoms with Crippen molar-refractivity contribution in [3.8, 4) is 0 Å². The standard InChI is InChI=1S/C45H61N3O11S/c1-29(2)35(43(54)47-33(21-22-60(9,55)56)25-41(52)59-45(6,7)8)26-38(49)37(19-20-39(50)58-44(3,4)5)48-42(53)31(23-32-27-46-36-18-14-13-17-34(32)36)24-40(51)57-28-30-15-11-10-12-16-30/h10-18,21-22,27,29,31,33,35,37,46H,19-20,23-26,28H2,1-9H3,(H,47,54)(H,48,53)/b22-21+/t31-,33-,35+,37+/m1/s1. The van der Waals surface area contributed by atoms with Crippen LogP contribution in [0.15, 0.2) is 72.3 Å². The van der Waals surface area contributed by atoms with Crippen LogP contribution in [0.1, 0.15) is 98.6 Å². The molecule has 3 aromatic rings. The first-order valence-corrected chi connectivity index (χ1v) is 22.0. The summed E-state index contributed by atoms with van der Waals surface area (Å²) < 4.78 is 40.3. The molecule has 0 aliphatic carbocycles. The van der Waals surface area contributed by atoms with Crippen LogP contribution in [-0.2, 0) is 65.8 Å². The third-order valence-electron chi connectivity index (χ3n) is 9.18. The van der Waals surface area contributed by atoms with E-state index in [1.165, 1.54) is 6.08 Å². The quantitative estimate of drug-likeness (QED) is 0.0829. The molecule has 0 fully saturated rings. The molecule has 60 heavy (non-hydrogen) atoms. The summed E-state index contributed by atoms with van der Waals surface area (Å²) in [6.45, 7) is 13.6. The van der Waals surface area contributed by atoms with E-state index in [9.17, 15) is 37.2 Å². The number of ketones is 1. The Bertz CT molecular complexity index is 2090. The minimum Gasteiger partial charge on any atom is -0.461 e. The minimum absolute atomic E-state index is 0.000564. The number of aromatic amines is 1. The summed E-state index contributed by atoms with van der Waals surface area (Å²) in [5.74, 6) is -6.17. The van der Waals surface area contributed by atoms with Gasteiger partial charge in [-0.2, -0.15) is 0 Å². The summed E-state index contributed by atoms with van der Waals surface area (Å²) in [5.41, 5.74) is 0.714. The van der Waals surface area contributed by atoms with Crippen molar-refractivity contribution in [2.24, 2.45) is 17.8 Å². The molecule has 0 radical (unpaired) electrons. The van der Waals surface area contributed by atoms with Gasteiger partial charge in [-0.3, -0.25) is 28.8 Å². The number of carbonyl (C=O) groups is 6. The molecule has 328 valence electrons. The van der Waals surface area contributed by atoms with E-state index in [1.54, 1.807) is 61.6 Å². The number of hydrogen-bond donors (Lipinski definition) is 3. The minimum atomic E-state index is -3.63. The predicted molar refractivity (Wildman–Crippen MR) is 228 cm³/mol. The van der Waals surface area contributed by atoms with Crippen LogP contribution >= 0.6 is 0 Å². The number of rotatable bonds is 21. The molecule has 2 amide bonds. The van der Waals surface area contributed by atoms with Crippen LogP contribution < -0.4 is 10.6 Å². The number of hydrogen-bond acceptors (Lipinski definition) is 11. The lowest BCUT2D eigenvalue weighted by molar-refractivity contribution is -0.156. The summed E-state index contributed by atoms with van der Waals surface area (Å²) in [7, 11) is -3.63. The van der Waals surface area contributed by atoms with Crippen LogP contribution in [0.2, 0.25) is 0 Å². The van der Waals surface area contributed by atoms with Gasteiger partial charge in [0.25, 0.3) is 0 Å². The van der Waals surface area contributed by atoms with E-state index < -0.39 is 86.4 Å². The maximum absolute atomic E-state index is 14.3. The van der Waals surface area contributed by atoms with Crippen molar-refractivity contribution in [3.05, 3.63) is 83.4 Å². The third-order valence-corrected chi connectivity index (χ3v) is 9.84. The van der Waals surface area contributed by atoms with Crippen molar-refractivity contribution in [3.63, 3.8) is 0 Å². The lowest BCUT2D eigenvalue weighted by Crippen LogP contribution is -2.47. The van der Waals surface area contributed by atoms with Gasteiger partial charge in [0.2, 0.25) is 11.8 Å². The molecule has 3 N–H and O–H groups in total. The molecule has 4 atom stereocenters. The molecule has 0 saturated carbocycles.